The molecule has 82 valence electrons. The first-order chi connectivity index (χ1) is 7.65. The summed E-state index contributed by atoms with van der Waals surface area (Å²) < 4.78 is 0.985. The molecule has 1 N–H and O–H groups in total. The third-order valence-electron chi connectivity index (χ3n) is 1.95. The molecule has 0 atom stereocenters. The number of thiazole rings is 1. The van der Waals surface area contributed by atoms with Crippen LogP contribution in [0.2, 0.25) is 0 Å². The molecule has 0 unspecified atom stereocenters. The molecule has 2 aromatic rings. The van der Waals surface area contributed by atoms with Crippen LogP contribution in [0, 0.1) is 6.92 Å². The van der Waals surface area contributed by atoms with Gasteiger partial charge in [0.25, 0.3) is 5.91 Å². The predicted molar refractivity (Wildman–Crippen MR) is 68.9 cm³/mol. The SMILES string of the molecule is Cc1ncc(C(=O)Nc2ccc(Br)cc2)s1. The number of halogens is 1. The second-order valence-corrected chi connectivity index (χ2v) is 5.35. The molecule has 0 fully saturated rings. The van der Waals surface area contributed by atoms with E-state index in [4.69, 9.17) is 0 Å². The number of carbonyl (C=O) groups is 1. The zero-order chi connectivity index (χ0) is 11.5. The van der Waals surface area contributed by atoms with Gasteiger partial charge in [0, 0.05) is 10.2 Å². The molecule has 0 aliphatic rings. The van der Waals surface area contributed by atoms with E-state index >= 15 is 0 Å². The van der Waals surface area contributed by atoms with Crippen molar-refractivity contribution in [2.24, 2.45) is 0 Å². The van der Waals surface area contributed by atoms with Gasteiger partial charge in [-0.15, -0.1) is 11.3 Å². The number of anilines is 1. The highest BCUT2D eigenvalue weighted by atomic mass is 79.9. The smallest absolute Gasteiger partial charge is 0.267 e. The zero-order valence-electron chi connectivity index (χ0n) is 8.53. The first-order valence-corrected chi connectivity index (χ1v) is 6.25. The van der Waals surface area contributed by atoms with Crippen molar-refractivity contribution >= 4 is 38.9 Å². The zero-order valence-corrected chi connectivity index (χ0v) is 10.9. The van der Waals surface area contributed by atoms with Crippen molar-refractivity contribution in [1.29, 1.82) is 0 Å². The Bertz CT molecular complexity index is 507. The summed E-state index contributed by atoms with van der Waals surface area (Å²) in [4.78, 5) is 16.4. The Balaban J connectivity index is 2.10. The van der Waals surface area contributed by atoms with Gasteiger partial charge >= 0.3 is 0 Å². The van der Waals surface area contributed by atoms with Crippen LogP contribution in [-0.2, 0) is 0 Å². The molecular formula is C11H9BrN2OS. The number of nitrogens with zero attached hydrogens (tertiary/aromatic N) is 1. The van der Waals surface area contributed by atoms with Gasteiger partial charge in [-0.05, 0) is 31.2 Å². The van der Waals surface area contributed by atoms with Crippen LogP contribution < -0.4 is 5.32 Å². The third kappa shape index (κ3) is 2.68. The van der Waals surface area contributed by atoms with Crippen LogP contribution in [0.3, 0.4) is 0 Å². The molecule has 0 radical (unpaired) electrons. The van der Waals surface area contributed by atoms with Crippen LogP contribution in [0.1, 0.15) is 14.7 Å². The van der Waals surface area contributed by atoms with Crippen molar-refractivity contribution in [1.82, 2.24) is 4.98 Å². The fourth-order valence-corrected chi connectivity index (χ4v) is 2.13. The van der Waals surface area contributed by atoms with Crippen molar-refractivity contribution < 1.29 is 4.79 Å². The Kier molecular flexibility index (Phi) is 3.36. The van der Waals surface area contributed by atoms with Gasteiger partial charge in [-0.1, -0.05) is 15.9 Å². The molecular weight excluding hydrogens is 288 g/mol. The summed E-state index contributed by atoms with van der Waals surface area (Å²) in [6.45, 7) is 1.88. The summed E-state index contributed by atoms with van der Waals surface area (Å²) in [5.41, 5.74) is 0.777. The fraction of sp³-hybridized carbons (Fsp3) is 0.0909. The lowest BCUT2D eigenvalue weighted by molar-refractivity contribution is 0.103. The molecule has 1 aromatic carbocycles. The molecule has 0 spiro atoms. The largest absolute Gasteiger partial charge is 0.321 e. The Morgan fingerprint density at radius 3 is 2.62 bits per heavy atom. The molecule has 3 nitrogen and oxygen atoms in total. The lowest BCUT2D eigenvalue weighted by atomic mass is 10.3. The highest BCUT2D eigenvalue weighted by Crippen LogP contribution is 2.17. The standard InChI is InChI=1S/C11H9BrN2OS/c1-7-13-6-10(16-7)11(15)14-9-4-2-8(12)3-5-9/h2-6H,1H3,(H,14,15). The molecule has 0 aliphatic heterocycles. The molecule has 0 bridgehead atoms. The number of carbonyl (C=O) groups excluding carboxylic acids is 1. The minimum atomic E-state index is -0.118. The maximum Gasteiger partial charge on any atom is 0.267 e. The van der Waals surface area contributed by atoms with Crippen molar-refractivity contribution in [2.45, 2.75) is 6.92 Å². The quantitative estimate of drug-likeness (QED) is 0.922. The average Bonchev–Trinajstić information content (AvgIpc) is 2.68. The first-order valence-electron chi connectivity index (χ1n) is 4.64. The van der Waals surface area contributed by atoms with Crippen LogP contribution in [0.5, 0.6) is 0 Å². The van der Waals surface area contributed by atoms with Crippen LogP contribution >= 0.6 is 27.3 Å². The van der Waals surface area contributed by atoms with E-state index in [-0.39, 0.29) is 5.91 Å². The Morgan fingerprint density at radius 2 is 2.06 bits per heavy atom. The first kappa shape index (κ1) is 11.3. The summed E-state index contributed by atoms with van der Waals surface area (Å²) >= 11 is 4.73. The topological polar surface area (TPSA) is 42.0 Å². The number of benzene rings is 1. The predicted octanol–water partition coefficient (Wildman–Crippen LogP) is 3.47. The molecule has 16 heavy (non-hydrogen) atoms. The highest BCUT2D eigenvalue weighted by molar-refractivity contribution is 9.10. The molecule has 2 rings (SSSR count). The van der Waals surface area contributed by atoms with E-state index in [9.17, 15) is 4.79 Å². The van der Waals surface area contributed by atoms with Gasteiger partial charge in [-0.3, -0.25) is 4.79 Å². The molecule has 0 saturated heterocycles. The van der Waals surface area contributed by atoms with Crippen molar-refractivity contribution in [3.05, 3.63) is 44.8 Å². The van der Waals surface area contributed by atoms with Gasteiger partial charge in [0.05, 0.1) is 11.2 Å². The lowest BCUT2D eigenvalue weighted by Gasteiger charge is -2.02. The van der Waals surface area contributed by atoms with Gasteiger partial charge in [-0.2, -0.15) is 0 Å². The van der Waals surface area contributed by atoms with Gasteiger partial charge in [0.1, 0.15) is 4.88 Å². The second kappa shape index (κ2) is 4.76. The molecule has 1 aromatic heterocycles. The van der Waals surface area contributed by atoms with E-state index in [2.05, 4.69) is 26.2 Å². The molecule has 0 saturated carbocycles. The summed E-state index contributed by atoms with van der Waals surface area (Å²) in [6.07, 6.45) is 1.59. The van der Waals surface area contributed by atoms with Crippen LogP contribution in [0.25, 0.3) is 0 Å². The number of rotatable bonds is 2. The number of hydrogen-bond donors (Lipinski definition) is 1. The monoisotopic (exact) mass is 296 g/mol. The van der Waals surface area contributed by atoms with Gasteiger partial charge in [0.2, 0.25) is 0 Å². The highest BCUT2D eigenvalue weighted by Gasteiger charge is 2.08. The van der Waals surface area contributed by atoms with Crippen molar-refractivity contribution in [3.63, 3.8) is 0 Å². The summed E-state index contributed by atoms with van der Waals surface area (Å²) in [5, 5.41) is 3.70. The van der Waals surface area contributed by atoms with Gasteiger partial charge in [-0.25, -0.2) is 4.98 Å². The molecule has 1 amide bonds. The minimum Gasteiger partial charge on any atom is -0.321 e. The van der Waals surface area contributed by atoms with Crippen LogP contribution in [0.15, 0.2) is 34.9 Å². The lowest BCUT2D eigenvalue weighted by Crippen LogP contribution is -2.09. The maximum atomic E-state index is 11.8. The van der Waals surface area contributed by atoms with Crippen molar-refractivity contribution in [3.8, 4) is 0 Å². The van der Waals surface area contributed by atoms with E-state index in [1.54, 1.807) is 6.20 Å². The number of hydrogen-bond acceptors (Lipinski definition) is 3. The summed E-state index contributed by atoms with van der Waals surface area (Å²) in [7, 11) is 0. The van der Waals surface area contributed by atoms with E-state index in [0.29, 0.717) is 4.88 Å². The Hall–Kier alpha value is -1.20. The normalized spacial score (nSPS) is 10.1. The summed E-state index contributed by atoms with van der Waals surface area (Å²) in [6, 6.07) is 7.45. The fourth-order valence-electron chi connectivity index (χ4n) is 1.19. The van der Waals surface area contributed by atoms with E-state index < -0.39 is 0 Å². The van der Waals surface area contributed by atoms with Gasteiger partial charge in [0.15, 0.2) is 0 Å². The number of aryl methyl sites for hydroxylation is 1. The van der Waals surface area contributed by atoms with Gasteiger partial charge < -0.3 is 5.32 Å². The number of nitrogens with one attached hydrogen (secondary N) is 1. The minimum absolute atomic E-state index is 0.118. The molecule has 0 aliphatic carbocycles. The van der Waals surface area contributed by atoms with Crippen LogP contribution in [-0.4, -0.2) is 10.9 Å². The summed E-state index contributed by atoms with van der Waals surface area (Å²) in [5.74, 6) is -0.118. The molecule has 1 heterocycles. The Morgan fingerprint density at radius 1 is 1.38 bits per heavy atom. The average molecular weight is 297 g/mol. The maximum absolute atomic E-state index is 11.8. The van der Waals surface area contributed by atoms with E-state index in [1.807, 2.05) is 31.2 Å². The Labute approximate surface area is 106 Å². The van der Waals surface area contributed by atoms with Crippen LogP contribution in [0.4, 0.5) is 5.69 Å². The number of amides is 1. The number of aromatic nitrogens is 1. The molecule has 5 heteroatoms. The van der Waals surface area contributed by atoms with E-state index in [0.717, 1.165) is 15.2 Å². The van der Waals surface area contributed by atoms with E-state index in [1.165, 1.54) is 11.3 Å². The third-order valence-corrected chi connectivity index (χ3v) is 3.39. The second-order valence-electron chi connectivity index (χ2n) is 3.20. The van der Waals surface area contributed by atoms with Crippen molar-refractivity contribution in [2.75, 3.05) is 5.32 Å².